The minimum Gasteiger partial charge on any atom is -0.465 e. The fraction of sp³-hybridized carbons (Fsp3) is 0.929. The van der Waals surface area contributed by atoms with Crippen LogP contribution in [-0.4, -0.2) is 25.2 Å². The van der Waals surface area contributed by atoms with Gasteiger partial charge in [0.25, 0.3) is 0 Å². The Morgan fingerprint density at radius 3 is 2.71 bits per heavy atom. The summed E-state index contributed by atoms with van der Waals surface area (Å²) in [5, 5.41) is 3.41. The van der Waals surface area contributed by atoms with Gasteiger partial charge in [-0.25, -0.2) is 0 Å². The lowest BCUT2D eigenvalue weighted by Crippen LogP contribution is -2.41. The molecule has 0 aromatic rings. The molecule has 2 saturated carbocycles. The summed E-state index contributed by atoms with van der Waals surface area (Å²) in [6, 6.07) is -0.103. The van der Waals surface area contributed by atoms with Crippen molar-refractivity contribution in [2.45, 2.75) is 52.0 Å². The topological polar surface area (TPSA) is 38.3 Å². The molecule has 2 fully saturated rings. The number of carbonyl (C=O) groups excluding carboxylic acids is 1. The van der Waals surface area contributed by atoms with Gasteiger partial charge in [-0.15, -0.1) is 0 Å². The van der Waals surface area contributed by atoms with E-state index < -0.39 is 0 Å². The van der Waals surface area contributed by atoms with Crippen molar-refractivity contribution in [3.05, 3.63) is 0 Å². The molecule has 0 saturated heterocycles. The minimum absolute atomic E-state index is 0.0850. The van der Waals surface area contributed by atoms with Gasteiger partial charge in [-0.1, -0.05) is 13.3 Å². The Morgan fingerprint density at radius 2 is 2.18 bits per heavy atom. The number of fused-ring (bicyclic) bond motifs is 2. The predicted molar refractivity (Wildman–Crippen MR) is 67.7 cm³/mol. The normalized spacial score (nSPS) is 32.7. The molecule has 3 heteroatoms. The first-order valence-electron chi connectivity index (χ1n) is 7.14. The maximum Gasteiger partial charge on any atom is 0.323 e. The number of rotatable bonds is 6. The van der Waals surface area contributed by atoms with E-state index in [1.54, 1.807) is 0 Å². The third-order valence-electron chi connectivity index (χ3n) is 4.49. The van der Waals surface area contributed by atoms with Gasteiger partial charge >= 0.3 is 5.97 Å². The second-order valence-corrected chi connectivity index (χ2v) is 5.56. The standard InChI is InChI=1S/C14H25NO2/c1-3-13(14(16)17-4-2)15-9-12-8-10-5-6-11(12)7-10/h10-13,15H,3-9H2,1-2H3. The van der Waals surface area contributed by atoms with Crippen molar-refractivity contribution in [1.29, 1.82) is 0 Å². The molecule has 4 unspecified atom stereocenters. The Morgan fingerprint density at radius 1 is 1.35 bits per heavy atom. The fourth-order valence-electron chi connectivity index (χ4n) is 3.56. The maximum atomic E-state index is 11.7. The second kappa shape index (κ2) is 5.85. The van der Waals surface area contributed by atoms with E-state index in [0.29, 0.717) is 6.61 Å². The quantitative estimate of drug-likeness (QED) is 0.723. The van der Waals surface area contributed by atoms with Gasteiger partial charge in [0.1, 0.15) is 6.04 Å². The lowest BCUT2D eigenvalue weighted by molar-refractivity contribution is -0.145. The molecule has 0 radical (unpaired) electrons. The second-order valence-electron chi connectivity index (χ2n) is 5.56. The third kappa shape index (κ3) is 3.01. The van der Waals surface area contributed by atoms with Crippen LogP contribution in [0.2, 0.25) is 0 Å². The molecule has 3 nitrogen and oxygen atoms in total. The van der Waals surface area contributed by atoms with Gasteiger partial charge in [0.15, 0.2) is 0 Å². The van der Waals surface area contributed by atoms with Crippen molar-refractivity contribution < 1.29 is 9.53 Å². The van der Waals surface area contributed by atoms with Gasteiger partial charge in [-0.3, -0.25) is 4.79 Å². The lowest BCUT2D eigenvalue weighted by Gasteiger charge is -2.24. The molecular weight excluding hydrogens is 214 g/mol. The van der Waals surface area contributed by atoms with Crippen molar-refractivity contribution in [1.82, 2.24) is 5.32 Å². The molecule has 17 heavy (non-hydrogen) atoms. The van der Waals surface area contributed by atoms with Crippen molar-refractivity contribution in [3.63, 3.8) is 0 Å². The fourth-order valence-corrected chi connectivity index (χ4v) is 3.56. The van der Waals surface area contributed by atoms with Crippen molar-refractivity contribution >= 4 is 5.97 Å². The summed E-state index contributed by atoms with van der Waals surface area (Å²) in [5.74, 6) is 2.62. The van der Waals surface area contributed by atoms with E-state index >= 15 is 0 Å². The SMILES string of the molecule is CCOC(=O)C(CC)NCC1CC2CCC1C2. The largest absolute Gasteiger partial charge is 0.465 e. The van der Waals surface area contributed by atoms with Crippen molar-refractivity contribution in [2.24, 2.45) is 17.8 Å². The lowest BCUT2D eigenvalue weighted by atomic mass is 9.88. The van der Waals surface area contributed by atoms with Gasteiger partial charge in [0.05, 0.1) is 6.61 Å². The van der Waals surface area contributed by atoms with Gasteiger partial charge in [-0.05, 0) is 56.9 Å². The molecule has 2 bridgehead atoms. The van der Waals surface area contributed by atoms with Gasteiger partial charge in [-0.2, -0.15) is 0 Å². The van der Waals surface area contributed by atoms with Crippen LogP contribution in [0, 0.1) is 17.8 Å². The Balaban J connectivity index is 1.74. The summed E-state index contributed by atoms with van der Waals surface area (Å²) in [4.78, 5) is 11.7. The predicted octanol–water partition coefficient (Wildman–Crippen LogP) is 2.35. The zero-order chi connectivity index (χ0) is 12.3. The molecule has 0 amide bonds. The minimum atomic E-state index is -0.103. The van der Waals surface area contributed by atoms with E-state index in [0.717, 1.165) is 30.7 Å². The van der Waals surface area contributed by atoms with E-state index in [2.05, 4.69) is 5.32 Å². The number of ether oxygens (including phenoxy) is 1. The molecule has 0 aliphatic heterocycles. The van der Waals surface area contributed by atoms with Crippen LogP contribution in [0.5, 0.6) is 0 Å². The van der Waals surface area contributed by atoms with Gasteiger partial charge < -0.3 is 10.1 Å². The van der Waals surface area contributed by atoms with Crippen LogP contribution >= 0.6 is 0 Å². The van der Waals surface area contributed by atoms with Crippen molar-refractivity contribution in [3.8, 4) is 0 Å². The summed E-state index contributed by atoms with van der Waals surface area (Å²) in [7, 11) is 0. The molecule has 2 aliphatic rings. The first kappa shape index (κ1) is 12.9. The monoisotopic (exact) mass is 239 g/mol. The molecule has 2 rings (SSSR count). The molecule has 0 aromatic carbocycles. The van der Waals surface area contributed by atoms with Crippen LogP contribution in [-0.2, 0) is 9.53 Å². The Hall–Kier alpha value is -0.570. The highest BCUT2D eigenvalue weighted by Gasteiger charge is 2.39. The van der Waals surface area contributed by atoms with E-state index in [9.17, 15) is 4.79 Å². The number of hydrogen-bond acceptors (Lipinski definition) is 3. The molecule has 0 aromatic heterocycles. The number of nitrogens with one attached hydrogen (secondary N) is 1. The maximum absolute atomic E-state index is 11.7. The highest BCUT2D eigenvalue weighted by atomic mass is 16.5. The molecule has 0 heterocycles. The van der Waals surface area contributed by atoms with Crippen LogP contribution < -0.4 is 5.32 Å². The molecule has 98 valence electrons. The zero-order valence-electron chi connectivity index (χ0n) is 11.1. The smallest absolute Gasteiger partial charge is 0.323 e. The Labute approximate surface area is 104 Å². The first-order valence-corrected chi connectivity index (χ1v) is 7.14. The van der Waals surface area contributed by atoms with Crippen LogP contribution in [0.25, 0.3) is 0 Å². The van der Waals surface area contributed by atoms with Gasteiger partial charge in [0.2, 0.25) is 0 Å². The molecule has 2 aliphatic carbocycles. The number of carbonyl (C=O) groups is 1. The molecule has 0 spiro atoms. The summed E-state index contributed by atoms with van der Waals surface area (Å²) >= 11 is 0. The van der Waals surface area contributed by atoms with Gasteiger partial charge in [0, 0.05) is 0 Å². The summed E-state index contributed by atoms with van der Waals surface area (Å²) in [6.07, 6.45) is 6.47. The van der Waals surface area contributed by atoms with Crippen LogP contribution in [0.4, 0.5) is 0 Å². The van der Waals surface area contributed by atoms with E-state index in [1.165, 1.54) is 25.7 Å². The third-order valence-corrected chi connectivity index (χ3v) is 4.49. The van der Waals surface area contributed by atoms with E-state index in [1.807, 2.05) is 13.8 Å². The summed E-state index contributed by atoms with van der Waals surface area (Å²) in [6.45, 7) is 5.37. The highest BCUT2D eigenvalue weighted by Crippen LogP contribution is 2.47. The van der Waals surface area contributed by atoms with E-state index in [-0.39, 0.29) is 12.0 Å². The molecule has 1 N–H and O–H groups in total. The summed E-state index contributed by atoms with van der Waals surface area (Å²) < 4.78 is 5.07. The Kier molecular flexibility index (Phi) is 4.43. The average molecular weight is 239 g/mol. The highest BCUT2D eigenvalue weighted by molar-refractivity contribution is 5.75. The molecular formula is C14H25NO2. The Bertz CT molecular complexity index is 267. The zero-order valence-corrected chi connectivity index (χ0v) is 11.1. The van der Waals surface area contributed by atoms with Crippen LogP contribution in [0.3, 0.4) is 0 Å². The average Bonchev–Trinajstić information content (AvgIpc) is 2.92. The van der Waals surface area contributed by atoms with Crippen molar-refractivity contribution in [2.75, 3.05) is 13.2 Å². The van der Waals surface area contributed by atoms with E-state index in [4.69, 9.17) is 4.74 Å². The summed E-state index contributed by atoms with van der Waals surface area (Å²) in [5.41, 5.74) is 0. The first-order chi connectivity index (χ1) is 8.24. The number of hydrogen-bond donors (Lipinski definition) is 1. The van der Waals surface area contributed by atoms with Crippen LogP contribution in [0.1, 0.15) is 46.0 Å². The molecule has 4 atom stereocenters. The number of esters is 1. The van der Waals surface area contributed by atoms with Crippen LogP contribution in [0.15, 0.2) is 0 Å².